The van der Waals surface area contributed by atoms with Crippen LogP contribution >= 0.6 is 7.80 Å². The summed E-state index contributed by atoms with van der Waals surface area (Å²) in [4.78, 5) is 0. The molecule has 0 saturated heterocycles. The summed E-state index contributed by atoms with van der Waals surface area (Å²) in [5, 5.41) is 1.77. The van der Waals surface area contributed by atoms with Gasteiger partial charge in [-0.2, -0.15) is 0 Å². The van der Waals surface area contributed by atoms with Crippen molar-refractivity contribution < 1.29 is 31.9 Å². The number of rotatable bonds is 2. The van der Waals surface area contributed by atoms with E-state index >= 15 is 0 Å². The van der Waals surface area contributed by atoms with Crippen molar-refractivity contribution in [2.45, 2.75) is 0 Å². The van der Waals surface area contributed by atoms with Gasteiger partial charge in [-0.15, -0.1) is 0 Å². The first-order chi connectivity index (χ1) is 6.88. The molecule has 1 nitrogen and oxygen atoms in total. The quantitative estimate of drug-likeness (QED) is 0.615. The maximum atomic E-state index is 12.0. The predicted molar refractivity (Wildman–Crippen MR) is 59.8 cm³/mol. The molecule has 0 spiro atoms. The van der Waals surface area contributed by atoms with Gasteiger partial charge in [0.05, 0.1) is 0 Å². The van der Waals surface area contributed by atoms with Crippen molar-refractivity contribution in [2.24, 2.45) is 0 Å². The topological polar surface area (TPSA) is 17.1 Å². The van der Waals surface area contributed by atoms with Gasteiger partial charge in [0, 0.05) is 27.3 Å². The van der Waals surface area contributed by atoms with Crippen LogP contribution in [0.4, 0.5) is 0 Å². The minimum Gasteiger partial charge on any atom is -0.0619 e. The zero-order chi connectivity index (χ0) is 9.80. The van der Waals surface area contributed by atoms with Crippen molar-refractivity contribution in [3.63, 3.8) is 0 Å². The molecule has 2 aromatic rings. The number of benzene rings is 2. The van der Waals surface area contributed by atoms with Crippen molar-refractivity contribution in [1.29, 1.82) is 0 Å². The van der Waals surface area contributed by atoms with Gasteiger partial charge in [0.1, 0.15) is 0 Å². The molecule has 0 heterocycles. The second-order valence-electron chi connectivity index (χ2n) is 2.97. The summed E-state index contributed by atoms with van der Waals surface area (Å²) >= 11 is 0. The summed E-state index contributed by atoms with van der Waals surface area (Å²) in [6.45, 7) is 0. The Morgan fingerprint density at radius 2 is 1.00 bits per heavy atom. The molecular weight excluding hydrogens is 304 g/mol. The van der Waals surface area contributed by atoms with Gasteiger partial charge >= 0.3 is 7.80 Å². The van der Waals surface area contributed by atoms with Crippen LogP contribution in [-0.4, -0.2) is 0 Å². The van der Waals surface area contributed by atoms with Crippen LogP contribution in [0.5, 0.6) is 0 Å². The molecule has 0 atom stereocenters. The zero-order valence-electron chi connectivity index (χ0n) is 8.34. The van der Waals surface area contributed by atoms with E-state index in [0.29, 0.717) is 0 Å². The Kier molecular flexibility index (Phi) is 5.12. The Hall–Kier alpha value is -0.538. The first kappa shape index (κ1) is 12.5. The normalized spacial score (nSPS) is 9.07. The summed E-state index contributed by atoms with van der Waals surface area (Å²) in [5.74, 6) is 0. The predicted octanol–water partition coefficient (Wildman–Crippen LogP) is 2.46. The van der Waals surface area contributed by atoms with Gasteiger partial charge < -0.3 is 0 Å². The van der Waals surface area contributed by atoms with E-state index < -0.39 is 7.80 Å². The molecule has 0 aliphatic rings. The fourth-order valence-electron chi connectivity index (χ4n) is 1.28. The van der Waals surface area contributed by atoms with E-state index in [1.165, 1.54) is 0 Å². The average Bonchev–Trinajstić information content (AvgIpc) is 2.30. The van der Waals surface area contributed by atoms with Crippen LogP contribution < -0.4 is 10.6 Å². The molecule has 0 saturated carbocycles. The van der Waals surface area contributed by atoms with E-state index in [0.717, 1.165) is 10.6 Å². The number of hydrogen-bond acceptors (Lipinski definition) is 1. The minimum absolute atomic E-state index is 0. The fourth-order valence-corrected chi connectivity index (χ4v) is 2.46. The molecule has 2 aromatic carbocycles. The third kappa shape index (κ3) is 3.21. The van der Waals surface area contributed by atoms with E-state index in [2.05, 4.69) is 0 Å². The summed E-state index contributed by atoms with van der Waals surface area (Å²) in [6, 6.07) is 19.1. The Balaban J connectivity index is 0.00000112. The Morgan fingerprint density at radius 3 is 1.33 bits per heavy atom. The van der Waals surface area contributed by atoms with Crippen LogP contribution in [0.2, 0.25) is 0 Å². The molecule has 0 aliphatic carbocycles. The molecule has 2 rings (SSSR count). The second-order valence-corrected chi connectivity index (χ2v) is 4.59. The van der Waals surface area contributed by atoms with Gasteiger partial charge in [0.2, 0.25) is 0 Å². The third-order valence-corrected chi connectivity index (χ3v) is 3.52. The standard InChI is InChI=1S/C12H10OP.Cd/c13-14(11-7-3-1-4-8-11)12-9-5-2-6-10-12;/h1-10H;/q+1;. The number of hydrogen-bond donors (Lipinski definition) is 0. The summed E-state index contributed by atoms with van der Waals surface area (Å²) < 4.78 is 12.0. The van der Waals surface area contributed by atoms with E-state index in [-0.39, 0.29) is 27.3 Å². The van der Waals surface area contributed by atoms with Crippen molar-refractivity contribution in [2.75, 3.05) is 0 Å². The largest absolute Gasteiger partial charge is 0.415 e. The van der Waals surface area contributed by atoms with Crippen LogP contribution in [0.25, 0.3) is 0 Å². The molecule has 0 amide bonds. The molecule has 0 radical (unpaired) electrons. The summed E-state index contributed by atoms with van der Waals surface area (Å²) in [7, 11) is -1.42. The fraction of sp³-hybridized carbons (Fsp3) is 0. The minimum atomic E-state index is -1.42. The van der Waals surface area contributed by atoms with Gasteiger partial charge in [-0.1, -0.05) is 41.0 Å². The molecule has 3 heteroatoms. The summed E-state index contributed by atoms with van der Waals surface area (Å²) in [6.07, 6.45) is 0. The van der Waals surface area contributed by atoms with Gasteiger partial charge in [0.25, 0.3) is 0 Å². The van der Waals surface area contributed by atoms with Crippen LogP contribution in [-0.2, 0) is 31.9 Å². The van der Waals surface area contributed by atoms with Crippen LogP contribution in [0, 0.1) is 0 Å². The van der Waals surface area contributed by atoms with E-state index in [9.17, 15) is 4.57 Å². The van der Waals surface area contributed by atoms with Crippen LogP contribution in [0.15, 0.2) is 60.7 Å². The van der Waals surface area contributed by atoms with Crippen molar-refractivity contribution >= 4 is 18.4 Å². The molecule has 15 heavy (non-hydrogen) atoms. The zero-order valence-corrected chi connectivity index (χ0v) is 13.3. The molecule has 0 aromatic heterocycles. The van der Waals surface area contributed by atoms with E-state index in [1.54, 1.807) is 0 Å². The smallest absolute Gasteiger partial charge is 0.0619 e. The van der Waals surface area contributed by atoms with Gasteiger partial charge in [0.15, 0.2) is 10.6 Å². The first-order valence-corrected chi connectivity index (χ1v) is 5.71. The van der Waals surface area contributed by atoms with Crippen molar-refractivity contribution in [3.05, 3.63) is 60.7 Å². The molecule has 0 bridgehead atoms. The summed E-state index contributed by atoms with van der Waals surface area (Å²) in [5.41, 5.74) is 0. The Labute approximate surface area is 110 Å². The molecular formula is C12H10CdOP+. The third-order valence-electron chi connectivity index (χ3n) is 1.98. The van der Waals surface area contributed by atoms with Gasteiger partial charge in [-0.25, -0.2) is 0 Å². The van der Waals surface area contributed by atoms with Crippen LogP contribution in [0.1, 0.15) is 0 Å². The Morgan fingerprint density at radius 1 is 0.667 bits per heavy atom. The second kappa shape index (κ2) is 6.13. The SMILES string of the molecule is O=[P+](c1ccccc1)c1ccccc1.[Cd]. The molecule has 0 N–H and O–H groups in total. The molecule has 70 valence electrons. The van der Waals surface area contributed by atoms with Crippen molar-refractivity contribution in [1.82, 2.24) is 0 Å². The Bertz CT molecular complexity index is 386. The molecule has 0 unspecified atom stereocenters. The van der Waals surface area contributed by atoms with Gasteiger partial charge in [-0.3, -0.25) is 0 Å². The van der Waals surface area contributed by atoms with Gasteiger partial charge in [-0.05, 0) is 24.3 Å². The van der Waals surface area contributed by atoms with E-state index in [4.69, 9.17) is 0 Å². The van der Waals surface area contributed by atoms with Crippen LogP contribution in [0.3, 0.4) is 0 Å². The monoisotopic (exact) mass is 315 g/mol. The average molecular weight is 314 g/mol. The maximum Gasteiger partial charge on any atom is 0.415 e. The van der Waals surface area contributed by atoms with Crippen molar-refractivity contribution in [3.8, 4) is 0 Å². The maximum absolute atomic E-state index is 12.0. The molecule has 0 aliphatic heterocycles. The van der Waals surface area contributed by atoms with E-state index in [1.807, 2.05) is 60.7 Å². The first-order valence-electron chi connectivity index (χ1n) is 4.45. The molecule has 0 fully saturated rings.